The Morgan fingerprint density at radius 1 is 1.32 bits per heavy atom. The van der Waals surface area contributed by atoms with Crippen LogP contribution in [-0.2, 0) is 6.42 Å². The van der Waals surface area contributed by atoms with Crippen LogP contribution < -0.4 is 0 Å². The molecular formula is C15H23BrN2O. The maximum atomic E-state index is 10.6. The summed E-state index contributed by atoms with van der Waals surface area (Å²) in [5.74, 6) is 0. The van der Waals surface area contributed by atoms with Crippen LogP contribution >= 0.6 is 15.9 Å². The van der Waals surface area contributed by atoms with E-state index in [1.54, 1.807) is 0 Å². The number of hydrogen-bond acceptors (Lipinski definition) is 3. The van der Waals surface area contributed by atoms with E-state index in [9.17, 15) is 5.11 Å². The van der Waals surface area contributed by atoms with E-state index in [1.807, 2.05) is 18.2 Å². The minimum atomic E-state index is -0.329. The quantitative estimate of drug-likeness (QED) is 0.920. The van der Waals surface area contributed by atoms with Crippen molar-refractivity contribution in [3.05, 3.63) is 34.3 Å². The number of aliphatic hydroxyl groups is 1. The highest BCUT2D eigenvalue weighted by Crippen LogP contribution is 2.20. The van der Waals surface area contributed by atoms with Crippen LogP contribution in [0.1, 0.15) is 12.0 Å². The van der Waals surface area contributed by atoms with E-state index >= 15 is 0 Å². The lowest BCUT2D eigenvalue weighted by molar-refractivity contribution is 0.0580. The van der Waals surface area contributed by atoms with Gasteiger partial charge in [0.15, 0.2) is 0 Å². The molecule has 1 saturated heterocycles. The molecule has 0 aromatic heterocycles. The molecule has 0 bridgehead atoms. The van der Waals surface area contributed by atoms with Gasteiger partial charge in [0.2, 0.25) is 0 Å². The van der Waals surface area contributed by atoms with Crippen LogP contribution in [0.2, 0.25) is 0 Å². The summed E-state index contributed by atoms with van der Waals surface area (Å²) in [6.07, 6.45) is 1.54. The first-order chi connectivity index (χ1) is 9.08. The first-order valence-electron chi connectivity index (χ1n) is 6.88. The van der Waals surface area contributed by atoms with Gasteiger partial charge in [-0.05, 0) is 45.2 Å². The van der Waals surface area contributed by atoms with Crippen molar-refractivity contribution < 1.29 is 5.11 Å². The lowest BCUT2D eigenvalue weighted by atomic mass is 10.0. The molecule has 1 fully saturated rings. The molecule has 3 nitrogen and oxygen atoms in total. The van der Waals surface area contributed by atoms with Gasteiger partial charge in [0.25, 0.3) is 0 Å². The van der Waals surface area contributed by atoms with Gasteiger partial charge >= 0.3 is 0 Å². The second kappa shape index (κ2) is 6.84. The van der Waals surface area contributed by atoms with Gasteiger partial charge in [-0.1, -0.05) is 34.1 Å². The van der Waals surface area contributed by atoms with Gasteiger partial charge in [-0.25, -0.2) is 0 Å². The Balaban J connectivity index is 2.05. The standard InChI is InChI=1S/C15H23BrN2O/c1-17-8-5-9-18(2)14(11-17)15(19)10-12-6-3-4-7-13(12)16/h3-4,6-7,14-15,19H,5,8-11H2,1-2H3. The zero-order valence-electron chi connectivity index (χ0n) is 11.7. The maximum absolute atomic E-state index is 10.6. The fourth-order valence-electron chi connectivity index (χ4n) is 2.75. The van der Waals surface area contributed by atoms with E-state index in [-0.39, 0.29) is 12.1 Å². The van der Waals surface area contributed by atoms with Crippen molar-refractivity contribution >= 4 is 15.9 Å². The molecule has 19 heavy (non-hydrogen) atoms. The highest BCUT2D eigenvalue weighted by Gasteiger charge is 2.27. The van der Waals surface area contributed by atoms with E-state index in [0.29, 0.717) is 6.42 Å². The average Bonchev–Trinajstić information content (AvgIpc) is 2.54. The molecule has 0 radical (unpaired) electrons. The van der Waals surface area contributed by atoms with E-state index < -0.39 is 0 Å². The SMILES string of the molecule is CN1CCCN(C)C(C(O)Cc2ccccc2Br)C1. The molecule has 106 valence electrons. The van der Waals surface area contributed by atoms with Crippen molar-refractivity contribution in [3.63, 3.8) is 0 Å². The molecular weight excluding hydrogens is 304 g/mol. The Bertz CT molecular complexity index is 413. The molecule has 2 atom stereocenters. The van der Waals surface area contributed by atoms with Crippen LogP contribution in [0.25, 0.3) is 0 Å². The third-order valence-corrected chi connectivity index (χ3v) is 4.72. The second-order valence-electron chi connectivity index (χ2n) is 5.53. The first-order valence-corrected chi connectivity index (χ1v) is 7.67. The lowest BCUT2D eigenvalue weighted by Crippen LogP contribution is -2.47. The van der Waals surface area contributed by atoms with Crippen molar-refractivity contribution in [3.8, 4) is 0 Å². The van der Waals surface area contributed by atoms with Gasteiger partial charge in [-0.2, -0.15) is 0 Å². The molecule has 1 heterocycles. The highest BCUT2D eigenvalue weighted by atomic mass is 79.9. The second-order valence-corrected chi connectivity index (χ2v) is 6.38. The summed E-state index contributed by atoms with van der Waals surface area (Å²) in [6.45, 7) is 3.10. The van der Waals surface area contributed by atoms with Crippen molar-refractivity contribution in [2.45, 2.75) is 25.0 Å². The van der Waals surface area contributed by atoms with Gasteiger partial charge in [0, 0.05) is 23.5 Å². The van der Waals surface area contributed by atoms with E-state index in [0.717, 1.165) is 24.1 Å². The molecule has 0 aliphatic carbocycles. The summed E-state index contributed by atoms with van der Waals surface area (Å²) in [6, 6.07) is 8.35. The maximum Gasteiger partial charge on any atom is 0.0748 e. The van der Waals surface area contributed by atoms with Crippen LogP contribution in [0.15, 0.2) is 28.7 Å². The van der Waals surface area contributed by atoms with Gasteiger partial charge < -0.3 is 10.0 Å². The normalized spacial score (nSPS) is 24.1. The summed E-state index contributed by atoms with van der Waals surface area (Å²) >= 11 is 3.56. The van der Waals surface area contributed by atoms with Gasteiger partial charge in [0.1, 0.15) is 0 Å². The molecule has 4 heteroatoms. The van der Waals surface area contributed by atoms with Crippen LogP contribution in [0.5, 0.6) is 0 Å². The molecule has 1 aromatic carbocycles. The molecule has 0 amide bonds. The summed E-state index contributed by atoms with van der Waals surface area (Å²) in [5, 5.41) is 10.6. The number of likely N-dealkylation sites (N-methyl/N-ethyl adjacent to an activating group) is 2. The Morgan fingerprint density at radius 2 is 2.05 bits per heavy atom. The van der Waals surface area contributed by atoms with Gasteiger partial charge in [-0.3, -0.25) is 4.90 Å². The predicted octanol–water partition coefficient (Wildman–Crippen LogP) is 1.99. The smallest absolute Gasteiger partial charge is 0.0748 e. The average molecular weight is 327 g/mol. The lowest BCUT2D eigenvalue weighted by Gasteiger charge is -2.31. The fraction of sp³-hybridized carbons (Fsp3) is 0.600. The van der Waals surface area contributed by atoms with E-state index in [2.05, 4.69) is 45.9 Å². The third-order valence-electron chi connectivity index (χ3n) is 3.95. The van der Waals surface area contributed by atoms with Crippen molar-refractivity contribution in [1.29, 1.82) is 0 Å². The molecule has 1 aromatic rings. The predicted molar refractivity (Wildman–Crippen MR) is 82.4 cm³/mol. The van der Waals surface area contributed by atoms with Gasteiger partial charge in [0.05, 0.1) is 6.10 Å². The van der Waals surface area contributed by atoms with Crippen LogP contribution in [0, 0.1) is 0 Å². The summed E-state index contributed by atoms with van der Waals surface area (Å²) < 4.78 is 1.08. The van der Waals surface area contributed by atoms with E-state index in [4.69, 9.17) is 0 Å². The van der Waals surface area contributed by atoms with Crippen molar-refractivity contribution in [2.24, 2.45) is 0 Å². The number of benzene rings is 1. The van der Waals surface area contributed by atoms with Gasteiger partial charge in [-0.15, -0.1) is 0 Å². The molecule has 1 aliphatic rings. The number of aliphatic hydroxyl groups excluding tert-OH is 1. The first kappa shape index (κ1) is 15.0. The van der Waals surface area contributed by atoms with Crippen LogP contribution in [-0.4, -0.2) is 60.8 Å². The number of halogens is 1. The fourth-order valence-corrected chi connectivity index (χ4v) is 3.19. The number of rotatable bonds is 3. The zero-order chi connectivity index (χ0) is 13.8. The largest absolute Gasteiger partial charge is 0.391 e. The number of nitrogens with zero attached hydrogens (tertiary/aromatic N) is 2. The van der Waals surface area contributed by atoms with Crippen LogP contribution in [0.3, 0.4) is 0 Å². The summed E-state index contributed by atoms with van der Waals surface area (Å²) in [4.78, 5) is 4.61. The summed E-state index contributed by atoms with van der Waals surface area (Å²) in [7, 11) is 4.25. The van der Waals surface area contributed by atoms with Crippen LogP contribution in [0.4, 0.5) is 0 Å². The Kier molecular flexibility index (Phi) is 5.39. The molecule has 0 saturated carbocycles. The Hall–Kier alpha value is -0.420. The molecule has 1 N–H and O–H groups in total. The van der Waals surface area contributed by atoms with E-state index in [1.165, 1.54) is 12.0 Å². The highest BCUT2D eigenvalue weighted by molar-refractivity contribution is 9.10. The number of hydrogen-bond donors (Lipinski definition) is 1. The van der Waals surface area contributed by atoms with Crippen molar-refractivity contribution in [2.75, 3.05) is 33.7 Å². The summed E-state index contributed by atoms with van der Waals surface area (Å²) in [5.41, 5.74) is 1.18. The zero-order valence-corrected chi connectivity index (χ0v) is 13.3. The monoisotopic (exact) mass is 326 g/mol. The molecule has 2 unspecified atom stereocenters. The van der Waals surface area contributed by atoms with Crippen molar-refractivity contribution in [1.82, 2.24) is 9.80 Å². The Labute approximate surface area is 124 Å². The third kappa shape index (κ3) is 4.02. The minimum Gasteiger partial charge on any atom is -0.391 e. The topological polar surface area (TPSA) is 26.7 Å². The molecule has 2 rings (SSSR count). The Morgan fingerprint density at radius 3 is 2.79 bits per heavy atom. The molecule has 1 aliphatic heterocycles. The molecule has 0 spiro atoms. The minimum absolute atomic E-state index is 0.208.